The van der Waals surface area contributed by atoms with Crippen LogP contribution >= 0.6 is 0 Å². The zero-order valence-corrected chi connectivity index (χ0v) is 13.9. The minimum absolute atomic E-state index is 0.197. The van der Waals surface area contributed by atoms with Gasteiger partial charge in [0.2, 0.25) is 0 Å². The molecule has 1 saturated heterocycles. The molecule has 1 atom stereocenters. The third kappa shape index (κ3) is 3.50. The SMILES string of the molecule is CC1(C#N)CCCN(Cc2cc(C(N)=O)oc2C(C)(C)C)C1. The van der Waals surface area contributed by atoms with Gasteiger partial charge in [-0.2, -0.15) is 5.26 Å². The number of piperidine rings is 1. The number of likely N-dealkylation sites (tertiary alicyclic amines) is 1. The van der Waals surface area contributed by atoms with Crippen LogP contribution in [0.15, 0.2) is 10.5 Å². The van der Waals surface area contributed by atoms with E-state index < -0.39 is 5.91 Å². The molecule has 0 radical (unpaired) electrons. The number of amides is 1. The Hall–Kier alpha value is -1.80. The Morgan fingerprint density at radius 1 is 1.55 bits per heavy atom. The van der Waals surface area contributed by atoms with Gasteiger partial charge in [0.25, 0.3) is 5.91 Å². The first-order valence-corrected chi connectivity index (χ1v) is 7.71. The van der Waals surface area contributed by atoms with E-state index in [0.29, 0.717) is 6.54 Å². The number of rotatable bonds is 3. The molecule has 1 aromatic heterocycles. The number of carbonyl (C=O) groups is 1. The molecule has 1 unspecified atom stereocenters. The number of carbonyl (C=O) groups excluding carboxylic acids is 1. The molecule has 22 heavy (non-hydrogen) atoms. The van der Waals surface area contributed by atoms with Crippen molar-refractivity contribution < 1.29 is 9.21 Å². The average molecular weight is 303 g/mol. The van der Waals surface area contributed by atoms with E-state index in [0.717, 1.165) is 37.3 Å². The second-order valence-corrected chi connectivity index (χ2v) is 7.57. The van der Waals surface area contributed by atoms with Crippen LogP contribution in [0.3, 0.4) is 0 Å². The molecule has 0 aromatic carbocycles. The molecule has 0 aliphatic carbocycles. The Labute approximate surface area is 132 Å². The summed E-state index contributed by atoms with van der Waals surface area (Å²) in [5, 5.41) is 9.34. The number of nitrogens with zero attached hydrogens (tertiary/aromatic N) is 2. The second kappa shape index (κ2) is 5.77. The van der Waals surface area contributed by atoms with Gasteiger partial charge < -0.3 is 10.2 Å². The van der Waals surface area contributed by atoms with Crippen LogP contribution in [0.2, 0.25) is 0 Å². The number of hydrogen-bond donors (Lipinski definition) is 1. The van der Waals surface area contributed by atoms with E-state index in [2.05, 4.69) is 31.7 Å². The fourth-order valence-corrected chi connectivity index (χ4v) is 3.11. The van der Waals surface area contributed by atoms with E-state index in [9.17, 15) is 10.1 Å². The van der Waals surface area contributed by atoms with Crippen molar-refractivity contribution in [3.8, 4) is 6.07 Å². The molecule has 1 aliphatic heterocycles. The Bertz CT molecular complexity index is 606. The molecule has 5 heteroatoms. The molecule has 2 N–H and O–H groups in total. The normalized spacial score (nSPS) is 23.2. The van der Waals surface area contributed by atoms with Crippen molar-refractivity contribution >= 4 is 5.91 Å². The first-order valence-electron chi connectivity index (χ1n) is 7.71. The van der Waals surface area contributed by atoms with Crippen molar-refractivity contribution in [1.82, 2.24) is 4.90 Å². The van der Waals surface area contributed by atoms with Gasteiger partial charge >= 0.3 is 0 Å². The summed E-state index contributed by atoms with van der Waals surface area (Å²) < 4.78 is 5.69. The molecular weight excluding hydrogens is 278 g/mol. The van der Waals surface area contributed by atoms with Crippen molar-refractivity contribution in [2.45, 2.75) is 52.5 Å². The molecule has 0 saturated carbocycles. The van der Waals surface area contributed by atoms with Crippen LogP contribution in [-0.2, 0) is 12.0 Å². The number of furan rings is 1. The minimum atomic E-state index is -0.544. The van der Waals surface area contributed by atoms with E-state index in [-0.39, 0.29) is 16.6 Å². The number of nitrogens with two attached hydrogens (primary N) is 1. The van der Waals surface area contributed by atoms with Gasteiger partial charge in [-0.3, -0.25) is 9.69 Å². The molecule has 1 aromatic rings. The van der Waals surface area contributed by atoms with Crippen LogP contribution in [-0.4, -0.2) is 23.9 Å². The van der Waals surface area contributed by atoms with Crippen LogP contribution in [0.5, 0.6) is 0 Å². The second-order valence-electron chi connectivity index (χ2n) is 7.57. The highest BCUT2D eigenvalue weighted by Gasteiger charge is 2.32. The van der Waals surface area contributed by atoms with E-state index in [4.69, 9.17) is 10.2 Å². The maximum absolute atomic E-state index is 11.4. The maximum atomic E-state index is 11.4. The molecule has 0 bridgehead atoms. The minimum Gasteiger partial charge on any atom is -0.455 e. The van der Waals surface area contributed by atoms with Crippen LogP contribution in [0.1, 0.15) is 62.4 Å². The molecular formula is C17H25N3O2. The lowest BCUT2D eigenvalue weighted by molar-refractivity contribution is 0.0970. The monoisotopic (exact) mass is 303 g/mol. The Morgan fingerprint density at radius 2 is 2.23 bits per heavy atom. The number of primary amides is 1. The van der Waals surface area contributed by atoms with Gasteiger partial charge in [0.05, 0.1) is 11.5 Å². The first kappa shape index (κ1) is 16.6. The molecule has 2 heterocycles. The molecule has 5 nitrogen and oxygen atoms in total. The fourth-order valence-electron chi connectivity index (χ4n) is 3.11. The lowest BCUT2D eigenvalue weighted by atomic mass is 9.83. The number of nitriles is 1. The van der Waals surface area contributed by atoms with Gasteiger partial charge in [0.15, 0.2) is 5.76 Å². The molecule has 0 spiro atoms. The average Bonchev–Trinajstić information content (AvgIpc) is 2.83. The summed E-state index contributed by atoms with van der Waals surface area (Å²) in [5.74, 6) is 0.461. The smallest absolute Gasteiger partial charge is 0.284 e. The van der Waals surface area contributed by atoms with Gasteiger partial charge in [-0.1, -0.05) is 20.8 Å². The van der Waals surface area contributed by atoms with E-state index in [1.807, 2.05) is 6.92 Å². The summed E-state index contributed by atoms with van der Waals surface area (Å²) in [4.78, 5) is 13.7. The summed E-state index contributed by atoms with van der Waals surface area (Å²) in [6, 6.07) is 4.18. The van der Waals surface area contributed by atoms with Crippen LogP contribution < -0.4 is 5.73 Å². The summed E-state index contributed by atoms with van der Waals surface area (Å²) in [5.41, 5.74) is 5.84. The van der Waals surface area contributed by atoms with Gasteiger partial charge in [-0.15, -0.1) is 0 Å². The zero-order valence-electron chi connectivity index (χ0n) is 13.9. The summed E-state index contributed by atoms with van der Waals surface area (Å²) >= 11 is 0. The van der Waals surface area contributed by atoms with Crippen molar-refractivity contribution in [2.24, 2.45) is 11.1 Å². The third-order valence-electron chi connectivity index (χ3n) is 4.17. The largest absolute Gasteiger partial charge is 0.455 e. The lowest BCUT2D eigenvalue weighted by Crippen LogP contribution is -2.40. The zero-order chi connectivity index (χ0) is 16.5. The summed E-state index contributed by atoms with van der Waals surface area (Å²) in [6.45, 7) is 10.5. The molecule has 120 valence electrons. The maximum Gasteiger partial charge on any atom is 0.284 e. The molecule has 1 fully saturated rings. The van der Waals surface area contributed by atoms with Crippen molar-refractivity contribution in [3.63, 3.8) is 0 Å². The Morgan fingerprint density at radius 3 is 2.77 bits per heavy atom. The third-order valence-corrected chi connectivity index (χ3v) is 4.17. The predicted molar refractivity (Wildman–Crippen MR) is 84.2 cm³/mol. The molecule has 2 rings (SSSR count). The molecule has 1 aliphatic rings. The van der Waals surface area contributed by atoms with Crippen molar-refractivity contribution in [1.29, 1.82) is 5.26 Å². The summed E-state index contributed by atoms with van der Waals surface area (Å²) in [6.07, 6.45) is 1.94. The van der Waals surface area contributed by atoms with Gasteiger partial charge in [-0.25, -0.2) is 0 Å². The Kier molecular flexibility index (Phi) is 4.35. The van der Waals surface area contributed by atoms with Gasteiger partial charge in [0.1, 0.15) is 5.76 Å². The Balaban J connectivity index is 2.25. The van der Waals surface area contributed by atoms with Crippen LogP contribution in [0.25, 0.3) is 0 Å². The highest BCUT2D eigenvalue weighted by Crippen LogP contribution is 2.33. The van der Waals surface area contributed by atoms with E-state index in [1.54, 1.807) is 6.07 Å². The van der Waals surface area contributed by atoms with Gasteiger partial charge in [-0.05, 0) is 32.4 Å². The quantitative estimate of drug-likeness (QED) is 0.930. The fraction of sp³-hybridized carbons (Fsp3) is 0.647. The van der Waals surface area contributed by atoms with Gasteiger partial charge in [0, 0.05) is 24.1 Å². The standard InChI is InChI=1S/C17H25N3O2/c1-16(2,3)14-12(8-13(22-14)15(19)21)9-20-7-5-6-17(4,10-18)11-20/h8H,5-7,9,11H2,1-4H3,(H2,19,21). The predicted octanol–water partition coefficient (Wildman–Crippen LogP) is 2.80. The number of hydrogen-bond acceptors (Lipinski definition) is 4. The highest BCUT2D eigenvalue weighted by molar-refractivity contribution is 5.90. The topological polar surface area (TPSA) is 83.3 Å². The van der Waals surface area contributed by atoms with Crippen LogP contribution in [0, 0.1) is 16.7 Å². The first-order chi connectivity index (χ1) is 10.1. The lowest BCUT2D eigenvalue weighted by Gasteiger charge is -2.36. The molecule has 1 amide bonds. The van der Waals surface area contributed by atoms with Crippen molar-refractivity contribution in [2.75, 3.05) is 13.1 Å². The van der Waals surface area contributed by atoms with Crippen molar-refractivity contribution in [3.05, 3.63) is 23.2 Å². The van der Waals surface area contributed by atoms with E-state index >= 15 is 0 Å². The van der Waals surface area contributed by atoms with Crippen LogP contribution in [0.4, 0.5) is 0 Å². The van der Waals surface area contributed by atoms with E-state index in [1.165, 1.54) is 0 Å². The summed E-state index contributed by atoms with van der Waals surface area (Å²) in [7, 11) is 0. The highest BCUT2D eigenvalue weighted by atomic mass is 16.4.